The van der Waals surface area contributed by atoms with Crippen molar-refractivity contribution in [2.24, 2.45) is 5.92 Å². The topological polar surface area (TPSA) is 52.8 Å². The van der Waals surface area contributed by atoms with Gasteiger partial charge in [-0.05, 0) is 55.8 Å². The van der Waals surface area contributed by atoms with Gasteiger partial charge < -0.3 is 9.32 Å². The van der Waals surface area contributed by atoms with Crippen LogP contribution in [0.15, 0.2) is 47.3 Å². The van der Waals surface area contributed by atoms with E-state index in [0.29, 0.717) is 5.91 Å². The number of piperidine rings is 1. The summed E-state index contributed by atoms with van der Waals surface area (Å²) in [4.78, 5) is 23.9. The normalized spacial score (nSPS) is 20.1. The van der Waals surface area contributed by atoms with E-state index in [4.69, 9.17) is 4.42 Å². The van der Waals surface area contributed by atoms with Crippen LogP contribution in [0.4, 0.5) is 0 Å². The second-order valence-electron chi connectivity index (χ2n) is 7.59. The number of hydrogen-bond donors (Lipinski definition) is 0. The van der Waals surface area contributed by atoms with E-state index < -0.39 is 0 Å². The van der Waals surface area contributed by atoms with Crippen LogP contribution >= 0.6 is 0 Å². The number of rotatable bonds is 5. The van der Waals surface area contributed by atoms with Crippen LogP contribution in [0.5, 0.6) is 0 Å². The van der Waals surface area contributed by atoms with Gasteiger partial charge >= 0.3 is 0 Å². The van der Waals surface area contributed by atoms with Crippen molar-refractivity contribution in [3.05, 3.63) is 54.2 Å². The van der Waals surface area contributed by atoms with Crippen LogP contribution in [0.25, 0.3) is 0 Å². The fourth-order valence-corrected chi connectivity index (χ4v) is 4.09. The van der Waals surface area contributed by atoms with Crippen molar-refractivity contribution in [1.29, 1.82) is 0 Å². The number of carbonyl (C=O) groups excluding carboxylic acids is 1. The Balaban J connectivity index is 1.20. The molecule has 0 spiro atoms. The minimum atomic E-state index is 0.190. The number of piperazine rings is 1. The Morgan fingerprint density at radius 2 is 1.67 bits per heavy atom. The van der Waals surface area contributed by atoms with Gasteiger partial charge in [0.15, 0.2) is 0 Å². The van der Waals surface area contributed by atoms with Crippen molar-refractivity contribution in [2.45, 2.75) is 25.9 Å². The Kier molecular flexibility index (Phi) is 5.84. The van der Waals surface area contributed by atoms with Crippen molar-refractivity contribution >= 4 is 5.91 Å². The minimum Gasteiger partial charge on any atom is -0.468 e. The molecule has 2 aromatic heterocycles. The highest BCUT2D eigenvalue weighted by molar-refractivity contribution is 5.79. The van der Waals surface area contributed by atoms with Crippen LogP contribution in [0.2, 0.25) is 0 Å². The summed E-state index contributed by atoms with van der Waals surface area (Å²) in [5.41, 5.74) is 1.29. The van der Waals surface area contributed by atoms with Crippen molar-refractivity contribution in [3.8, 4) is 0 Å². The molecule has 0 N–H and O–H groups in total. The number of aromatic nitrogens is 1. The quantitative estimate of drug-likeness (QED) is 0.810. The summed E-state index contributed by atoms with van der Waals surface area (Å²) in [5, 5.41) is 0. The Morgan fingerprint density at radius 3 is 2.33 bits per heavy atom. The lowest BCUT2D eigenvalue weighted by molar-refractivity contribution is -0.139. The third-order valence-electron chi connectivity index (χ3n) is 5.74. The van der Waals surface area contributed by atoms with Crippen LogP contribution in [0.3, 0.4) is 0 Å². The largest absolute Gasteiger partial charge is 0.468 e. The van der Waals surface area contributed by atoms with Gasteiger partial charge in [-0.25, -0.2) is 0 Å². The second kappa shape index (κ2) is 8.67. The summed E-state index contributed by atoms with van der Waals surface area (Å²) >= 11 is 0. The molecule has 2 aliphatic heterocycles. The molecule has 0 aliphatic carbocycles. The molecule has 0 aromatic carbocycles. The molecule has 0 atom stereocenters. The SMILES string of the molecule is O=C(C1CCN(Cc2ccncc2)CC1)N1CCN(Cc2ccco2)CC1. The highest BCUT2D eigenvalue weighted by Crippen LogP contribution is 2.22. The third kappa shape index (κ3) is 4.76. The molecule has 144 valence electrons. The summed E-state index contributed by atoms with van der Waals surface area (Å²) < 4.78 is 5.43. The molecule has 1 amide bonds. The predicted octanol–water partition coefficient (Wildman–Crippen LogP) is 2.23. The van der Waals surface area contributed by atoms with E-state index in [1.807, 2.05) is 24.5 Å². The number of pyridine rings is 1. The van der Waals surface area contributed by atoms with E-state index in [2.05, 4.69) is 31.8 Å². The molecule has 4 heterocycles. The van der Waals surface area contributed by atoms with Gasteiger partial charge in [0, 0.05) is 51.0 Å². The Bertz CT molecular complexity index is 703. The lowest BCUT2D eigenvalue weighted by Crippen LogP contribution is -2.51. The van der Waals surface area contributed by atoms with E-state index in [1.165, 1.54) is 5.56 Å². The monoisotopic (exact) mass is 368 g/mol. The molecular weight excluding hydrogens is 340 g/mol. The molecule has 6 nitrogen and oxygen atoms in total. The minimum absolute atomic E-state index is 0.190. The van der Waals surface area contributed by atoms with Gasteiger partial charge in [-0.2, -0.15) is 0 Å². The number of likely N-dealkylation sites (tertiary alicyclic amines) is 1. The molecule has 0 unspecified atom stereocenters. The molecule has 0 radical (unpaired) electrons. The first-order chi connectivity index (χ1) is 13.3. The molecule has 0 bridgehead atoms. The number of furan rings is 1. The lowest BCUT2D eigenvalue weighted by atomic mass is 9.94. The maximum atomic E-state index is 12.9. The van der Waals surface area contributed by atoms with Gasteiger partial charge in [-0.15, -0.1) is 0 Å². The van der Waals surface area contributed by atoms with Gasteiger partial charge in [0.25, 0.3) is 0 Å². The summed E-state index contributed by atoms with van der Waals surface area (Å²) in [6, 6.07) is 8.08. The third-order valence-corrected chi connectivity index (χ3v) is 5.74. The van der Waals surface area contributed by atoms with Gasteiger partial charge in [0.2, 0.25) is 5.91 Å². The highest BCUT2D eigenvalue weighted by atomic mass is 16.3. The molecule has 27 heavy (non-hydrogen) atoms. The van der Waals surface area contributed by atoms with Crippen LogP contribution < -0.4 is 0 Å². The van der Waals surface area contributed by atoms with Crippen LogP contribution in [0.1, 0.15) is 24.2 Å². The summed E-state index contributed by atoms with van der Waals surface area (Å²) in [6.07, 6.45) is 7.34. The average molecular weight is 368 g/mol. The number of nitrogens with zero attached hydrogens (tertiary/aromatic N) is 4. The van der Waals surface area contributed by atoms with Crippen LogP contribution in [0, 0.1) is 5.92 Å². The van der Waals surface area contributed by atoms with E-state index >= 15 is 0 Å². The van der Waals surface area contributed by atoms with Gasteiger partial charge in [-0.3, -0.25) is 19.6 Å². The Labute approximate surface area is 160 Å². The number of amides is 1. The maximum absolute atomic E-state index is 12.9. The molecule has 2 fully saturated rings. The molecule has 2 aromatic rings. The summed E-state index contributed by atoms with van der Waals surface area (Å²) in [6.45, 7) is 7.29. The highest BCUT2D eigenvalue weighted by Gasteiger charge is 2.30. The van der Waals surface area contributed by atoms with Crippen molar-refractivity contribution in [2.75, 3.05) is 39.3 Å². The average Bonchev–Trinajstić information content (AvgIpc) is 3.22. The van der Waals surface area contributed by atoms with Gasteiger partial charge in [0.1, 0.15) is 5.76 Å². The number of carbonyl (C=O) groups is 1. The van der Waals surface area contributed by atoms with Crippen molar-refractivity contribution in [3.63, 3.8) is 0 Å². The molecule has 4 rings (SSSR count). The molecule has 6 heteroatoms. The zero-order valence-electron chi connectivity index (χ0n) is 15.8. The van der Waals surface area contributed by atoms with E-state index in [1.54, 1.807) is 6.26 Å². The second-order valence-corrected chi connectivity index (χ2v) is 7.59. The van der Waals surface area contributed by atoms with Gasteiger partial charge in [0.05, 0.1) is 12.8 Å². The predicted molar refractivity (Wildman–Crippen MR) is 103 cm³/mol. The number of hydrogen-bond acceptors (Lipinski definition) is 5. The van der Waals surface area contributed by atoms with Crippen LogP contribution in [-0.2, 0) is 17.9 Å². The van der Waals surface area contributed by atoms with E-state index in [-0.39, 0.29) is 5.92 Å². The first kappa shape index (κ1) is 18.2. The lowest BCUT2D eigenvalue weighted by Gasteiger charge is -2.38. The Hall–Kier alpha value is -2.18. The first-order valence-electron chi connectivity index (χ1n) is 9.93. The molecule has 0 saturated carbocycles. The fourth-order valence-electron chi connectivity index (χ4n) is 4.09. The van der Waals surface area contributed by atoms with Gasteiger partial charge in [-0.1, -0.05) is 0 Å². The van der Waals surface area contributed by atoms with Crippen molar-refractivity contribution in [1.82, 2.24) is 19.7 Å². The molecular formula is C21H28N4O2. The zero-order chi connectivity index (χ0) is 18.5. The Morgan fingerprint density at radius 1 is 0.963 bits per heavy atom. The zero-order valence-corrected chi connectivity index (χ0v) is 15.8. The molecule has 2 aliphatic rings. The first-order valence-corrected chi connectivity index (χ1v) is 9.93. The van der Waals surface area contributed by atoms with E-state index in [9.17, 15) is 4.79 Å². The summed E-state index contributed by atoms with van der Waals surface area (Å²) in [5.74, 6) is 1.54. The maximum Gasteiger partial charge on any atom is 0.225 e. The standard InChI is InChI=1S/C21H28N4O2/c26-21(25-13-11-24(12-14-25)17-20-2-1-15-27-20)19-5-9-23(10-6-19)16-18-3-7-22-8-4-18/h1-4,7-8,15,19H,5-6,9-14,16-17H2. The van der Waals surface area contributed by atoms with Crippen LogP contribution in [-0.4, -0.2) is 64.9 Å². The smallest absolute Gasteiger partial charge is 0.225 e. The van der Waals surface area contributed by atoms with E-state index in [0.717, 1.165) is 71.0 Å². The molecule has 2 saturated heterocycles. The van der Waals surface area contributed by atoms with Crippen molar-refractivity contribution < 1.29 is 9.21 Å². The fraction of sp³-hybridized carbons (Fsp3) is 0.524. The summed E-state index contributed by atoms with van der Waals surface area (Å²) in [7, 11) is 0.